The third kappa shape index (κ3) is 3.49. The molecule has 0 fully saturated rings. The summed E-state index contributed by atoms with van der Waals surface area (Å²) >= 11 is 5.63. The number of aliphatic hydroxyl groups excluding tert-OH is 1. The number of pyridine rings is 1. The van der Waals surface area contributed by atoms with E-state index in [4.69, 9.17) is 16.7 Å². The van der Waals surface area contributed by atoms with Crippen molar-refractivity contribution in [1.82, 2.24) is 4.98 Å². The Labute approximate surface area is 126 Å². The monoisotopic (exact) mass is 330 g/mol. The smallest absolute Gasteiger partial charge is 0.265 e. The van der Waals surface area contributed by atoms with Gasteiger partial charge in [-0.05, 0) is 30.3 Å². The lowest BCUT2D eigenvalue weighted by Crippen LogP contribution is -2.33. The Morgan fingerprint density at radius 2 is 2.05 bits per heavy atom. The summed E-state index contributed by atoms with van der Waals surface area (Å²) in [5.41, 5.74) is 0.124. The average Bonchev–Trinajstić information content (AvgIpc) is 2.45. The SMILES string of the molecule is O=S(=O)(c1ccc(Cl)nc1)N(CCO)c1cccc(F)c1. The minimum absolute atomic E-state index is 0.0930. The van der Waals surface area contributed by atoms with Crippen LogP contribution in [0, 0.1) is 5.82 Å². The number of rotatable bonds is 5. The molecule has 0 aliphatic rings. The molecule has 0 amide bonds. The number of sulfonamides is 1. The van der Waals surface area contributed by atoms with E-state index in [1.807, 2.05) is 0 Å². The van der Waals surface area contributed by atoms with Crippen molar-refractivity contribution in [2.75, 3.05) is 17.5 Å². The Morgan fingerprint density at radius 3 is 2.62 bits per heavy atom. The van der Waals surface area contributed by atoms with Crippen LogP contribution in [-0.4, -0.2) is 31.7 Å². The maximum absolute atomic E-state index is 13.3. The van der Waals surface area contributed by atoms with Gasteiger partial charge >= 0.3 is 0 Å². The molecule has 0 bridgehead atoms. The van der Waals surface area contributed by atoms with E-state index in [2.05, 4.69) is 4.98 Å². The maximum atomic E-state index is 13.3. The highest BCUT2D eigenvalue weighted by atomic mass is 35.5. The molecule has 0 unspecified atom stereocenters. The van der Waals surface area contributed by atoms with E-state index >= 15 is 0 Å². The van der Waals surface area contributed by atoms with E-state index in [0.717, 1.165) is 16.6 Å². The van der Waals surface area contributed by atoms with Gasteiger partial charge in [-0.3, -0.25) is 4.31 Å². The molecule has 1 aromatic heterocycles. The van der Waals surface area contributed by atoms with Crippen LogP contribution in [0.1, 0.15) is 0 Å². The summed E-state index contributed by atoms with van der Waals surface area (Å²) in [5, 5.41) is 9.25. The van der Waals surface area contributed by atoms with Crippen LogP contribution < -0.4 is 4.31 Å². The van der Waals surface area contributed by atoms with Crippen LogP contribution >= 0.6 is 11.6 Å². The van der Waals surface area contributed by atoms with Gasteiger partial charge in [-0.2, -0.15) is 0 Å². The normalized spacial score (nSPS) is 11.4. The molecular weight excluding hydrogens is 319 g/mol. The standard InChI is InChI=1S/C13H12ClFN2O3S/c14-13-5-4-12(9-16-13)21(19,20)17(6-7-18)11-3-1-2-10(15)8-11/h1-5,8-9,18H,6-7H2. The molecule has 0 spiro atoms. The third-order valence-electron chi connectivity index (χ3n) is 2.69. The van der Waals surface area contributed by atoms with Gasteiger partial charge < -0.3 is 5.11 Å². The Bertz CT molecular complexity index is 722. The van der Waals surface area contributed by atoms with Crippen LogP contribution in [0.15, 0.2) is 47.5 Å². The van der Waals surface area contributed by atoms with Crippen molar-refractivity contribution in [3.8, 4) is 0 Å². The van der Waals surface area contributed by atoms with Gasteiger partial charge in [-0.25, -0.2) is 17.8 Å². The number of anilines is 1. The molecule has 5 nitrogen and oxygen atoms in total. The number of hydrogen-bond acceptors (Lipinski definition) is 4. The molecule has 0 saturated heterocycles. The quantitative estimate of drug-likeness (QED) is 0.852. The first-order chi connectivity index (χ1) is 9.95. The average molecular weight is 331 g/mol. The fraction of sp³-hybridized carbons (Fsp3) is 0.154. The zero-order valence-corrected chi connectivity index (χ0v) is 12.4. The lowest BCUT2D eigenvalue weighted by atomic mass is 10.3. The number of halogens is 2. The highest BCUT2D eigenvalue weighted by Crippen LogP contribution is 2.24. The summed E-state index contributed by atoms with van der Waals surface area (Å²) < 4.78 is 39.3. The fourth-order valence-electron chi connectivity index (χ4n) is 1.75. The molecule has 1 aromatic carbocycles. The van der Waals surface area contributed by atoms with E-state index in [9.17, 15) is 12.8 Å². The fourth-order valence-corrected chi connectivity index (χ4v) is 3.26. The van der Waals surface area contributed by atoms with Gasteiger partial charge in [0.05, 0.1) is 18.8 Å². The van der Waals surface area contributed by atoms with Crippen molar-refractivity contribution in [3.63, 3.8) is 0 Å². The summed E-state index contributed by atoms with van der Waals surface area (Å²) in [4.78, 5) is 3.63. The molecule has 0 atom stereocenters. The Kier molecular flexibility index (Phi) is 4.76. The van der Waals surface area contributed by atoms with E-state index in [1.54, 1.807) is 0 Å². The first kappa shape index (κ1) is 15.7. The highest BCUT2D eigenvalue weighted by Gasteiger charge is 2.25. The van der Waals surface area contributed by atoms with Crippen LogP contribution in [0.5, 0.6) is 0 Å². The lowest BCUT2D eigenvalue weighted by Gasteiger charge is -2.23. The van der Waals surface area contributed by atoms with Crippen LogP contribution in [0.2, 0.25) is 5.15 Å². The number of aromatic nitrogens is 1. The summed E-state index contributed by atoms with van der Waals surface area (Å²) in [6, 6.07) is 7.77. The van der Waals surface area contributed by atoms with Gasteiger partial charge in [-0.1, -0.05) is 17.7 Å². The lowest BCUT2D eigenvalue weighted by molar-refractivity contribution is 0.306. The molecule has 0 saturated carbocycles. The van der Waals surface area contributed by atoms with Gasteiger partial charge in [-0.15, -0.1) is 0 Å². The predicted octanol–water partition coefficient (Wildman–Crippen LogP) is 2.06. The second-order valence-corrected chi connectivity index (χ2v) is 6.35. The molecule has 21 heavy (non-hydrogen) atoms. The zero-order valence-electron chi connectivity index (χ0n) is 10.8. The molecule has 1 N–H and O–H groups in total. The van der Waals surface area contributed by atoms with Crippen molar-refractivity contribution < 1.29 is 17.9 Å². The molecule has 1 heterocycles. The molecule has 0 aliphatic heterocycles. The summed E-state index contributed by atoms with van der Waals surface area (Å²) in [7, 11) is -3.96. The summed E-state index contributed by atoms with van der Waals surface area (Å²) in [5.74, 6) is -0.570. The van der Waals surface area contributed by atoms with E-state index in [0.29, 0.717) is 0 Å². The van der Waals surface area contributed by atoms with Gasteiger partial charge in [0, 0.05) is 6.20 Å². The van der Waals surface area contributed by atoms with E-state index < -0.39 is 22.4 Å². The predicted molar refractivity (Wildman–Crippen MR) is 77.3 cm³/mol. The van der Waals surface area contributed by atoms with Gasteiger partial charge in [0.25, 0.3) is 10.0 Å². The van der Waals surface area contributed by atoms with Gasteiger partial charge in [0.1, 0.15) is 15.9 Å². The van der Waals surface area contributed by atoms with Crippen molar-refractivity contribution in [3.05, 3.63) is 53.6 Å². The number of benzene rings is 1. The largest absolute Gasteiger partial charge is 0.394 e. The summed E-state index contributed by atoms with van der Waals surface area (Å²) in [6.07, 6.45) is 1.11. The molecule has 0 radical (unpaired) electrons. The number of hydrogen-bond donors (Lipinski definition) is 1. The Morgan fingerprint density at radius 1 is 1.29 bits per heavy atom. The minimum atomic E-state index is -3.96. The first-order valence-electron chi connectivity index (χ1n) is 5.96. The van der Waals surface area contributed by atoms with Crippen molar-refractivity contribution in [2.45, 2.75) is 4.90 Å². The third-order valence-corrected chi connectivity index (χ3v) is 4.72. The molecule has 2 aromatic rings. The minimum Gasteiger partial charge on any atom is -0.394 e. The van der Waals surface area contributed by atoms with Crippen LogP contribution in [0.4, 0.5) is 10.1 Å². The molecular formula is C13H12ClFN2O3S. The second-order valence-electron chi connectivity index (χ2n) is 4.10. The van der Waals surface area contributed by atoms with Crippen LogP contribution in [-0.2, 0) is 10.0 Å². The Hall–Kier alpha value is -1.70. The van der Waals surface area contributed by atoms with E-state index in [-0.39, 0.29) is 22.3 Å². The maximum Gasteiger partial charge on any atom is 0.265 e. The van der Waals surface area contributed by atoms with Crippen molar-refractivity contribution in [1.29, 1.82) is 0 Å². The van der Waals surface area contributed by atoms with Gasteiger partial charge in [0.2, 0.25) is 0 Å². The molecule has 112 valence electrons. The zero-order chi connectivity index (χ0) is 15.5. The van der Waals surface area contributed by atoms with Crippen LogP contribution in [0.25, 0.3) is 0 Å². The first-order valence-corrected chi connectivity index (χ1v) is 7.77. The second kappa shape index (κ2) is 6.38. The summed E-state index contributed by atoms with van der Waals surface area (Å²) in [6.45, 7) is -0.606. The van der Waals surface area contributed by atoms with Crippen molar-refractivity contribution in [2.24, 2.45) is 0 Å². The topological polar surface area (TPSA) is 70.5 Å². The van der Waals surface area contributed by atoms with Crippen molar-refractivity contribution >= 4 is 27.3 Å². The van der Waals surface area contributed by atoms with E-state index in [1.165, 1.54) is 30.3 Å². The molecule has 2 rings (SSSR count). The highest BCUT2D eigenvalue weighted by molar-refractivity contribution is 7.92. The number of aliphatic hydroxyl groups is 1. The van der Waals surface area contributed by atoms with Crippen LogP contribution in [0.3, 0.4) is 0 Å². The van der Waals surface area contributed by atoms with Gasteiger partial charge in [0.15, 0.2) is 0 Å². The number of nitrogens with zero attached hydrogens (tertiary/aromatic N) is 2. The Balaban J connectivity index is 2.48. The molecule has 8 heteroatoms. The molecule has 0 aliphatic carbocycles.